The molecule has 0 fully saturated rings. The highest BCUT2D eigenvalue weighted by Crippen LogP contribution is 2.35. The Hall–Kier alpha value is -3.16. The molecule has 0 bridgehead atoms. The summed E-state index contributed by atoms with van der Waals surface area (Å²) in [5.74, 6) is 0.827. The zero-order valence-corrected chi connectivity index (χ0v) is 18.8. The Morgan fingerprint density at radius 2 is 1.90 bits per heavy atom. The SMILES string of the molecule is COc1ccc(C(=O)N(Cc2ccccn2)c2nc3c(C)c(Cl)ccc3s2)cc1OC. The van der Waals surface area contributed by atoms with Crippen LogP contribution >= 0.6 is 22.9 Å². The molecule has 0 aliphatic heterocycles. The van der Waals surface area contributed by atoms with Crippen LogP contribution in [0, 0.1) is 6.92 Å². The van der Waals surface area contributed by atoms with Crippen LogP contribution in [0.25, 0.3) is 10.2 Å². The molecule has 0 saturated carbocycles. The number of ether oxygens (including phenoxy) is 2. The summed E-state index contributed by atoms with van der Waals surface area (Å²) in [7, 11) is 3.10. The first-order valence-electron chi connectivity index (χ1n) is 9.51. The number of carbonyl (C=O) groups excluding carboxylic acids is 1. The fraction of sp³-hybridized carbons (Fsp3) is 0.174. The number of hydrogen-bond acceptors (Lipinski definition) is 6. The van der Waals surface area contributed by atoms with Gasteiger partial charge in [-0.3, -0.25) is 14.7 Å². The second-order valence-corrected chi connectivity index (χ2v) is 8.21. The predicted molar refractivity (Wildman–Crippen MR) is 124 cm³/mol. The molecule has 0 radical (unpaired) electrons. The highest BCUT2D eigenvalue weighted by Gasteiger charge is 2.24. The summed E-state index contributed by atoms with van der Waals surface area (Å²) in [6.45, 7) is 2.20. The number of rotatable bonds is 6. The van der Waals surface area contributed by atoms with Crippen molar-refractivity contribution < 1.29 is 14.3 Å². The highest BCUT2D eigenvalue weighted by molar-refractivity contribution is 7.22. The van der Waals surface area contributed by atoms with Gasteiger partial charge in [0, 0.05) is 16.8 Å². The van der Waals surface area contributed by atoms with Crippen molar-refractivity contribution in [3.8, 4) is 11.5 Å². The van der Waals surface area contributed by atoms with E-state index in [0.717, 1.165) is 21.5 Å². The van der Waals surface area contributed by atoms with Crippen molar-refractivity contribution in [1.82, 2.24) is 9.97 Å². The molecule has 0 aliphatic rings. The molecule has 0 saturated heterocycles. The molecule has 8 heteroatoms. The number of halogens is 1. The summed E-state index contributed by atoms with van der Waals surface area (Å²) >= 11 is 7.71. The largest absolute Gasteiger partial charge is 0.493 e. The molecule has 0 aliphatic carbocycles. The van der Waals surface area contributed by atoms with E-state index >= 15 is 0 Å². The van der Waals surface area contributed by atoms with Crippen molar-refractivity contribution in [2.75, 3.05) is 19.1 Å². The molecule has 158 valence electrons. The van der Waals surface area contributed by atoms with Crippen LogP contribution in [0.5, 0.6) is 11.5 Å². The molecule has 2 heterocycles. The van der Waals surface area contributed by atoms with Gasteiger partial charge in [-0.15, -0.1) is 0 Å². The number of benzene rings is 2. The lowest BCUT2D eigenvalue weighted by molar-refractivity contribution is 0.0984. The average molecular weight is 454 g/mol. The van der Waals surface area contributed by atoms with Gasteiger partial charge in [0.25, 0.3) is 5.91 Å². The zero-order chi connectivity index (χ0) is 22.0. The van der Waals surface area contributed by atoms with Gasteiger partial charge in [0.05, 0.1) is 36.7 Å². The highest BCUT2D eigenvalue weighted by atomic mass is 35.5. The van der Waals surface area contributed by atoms with Crippen molar-refractivity contribution in [1.29, 1.82) is 0 Å². The average Bonchev–Trinajstić information content (AvgIpc) is 3.24. The third-order valence-corrected chi connectivity index (χ3v) is 6.34. The summed E-state index contributed by atoms with van der Waals surface area (Å²) in [5.41, 5.74) is 2.89. The number of anilines is 1. The monoisotopic (exact) mass is 453 g/mol. The molecular formula is C23H20ClN3O3S. The van der Waals surface area contributed by atoms with E-state index in [0.29, 0.717) is 27.2 Å². The summed E-state index contributed by atoms with van der Waals surface area (Å²) < 4.78 is 11.6. The molecule has 0 unspecified atom stereocenters. The van der Waals surface area contributed by atoms with E-state index in [1.807, 2.05) is 37.3 Å². The van der Waals surface area contributed by atoms with E-state index in [9.17, 15) is 4.79 Å². The Morgan fingerprint density at radius 3 is 2.61 bits per heavy atom. The van der Waals surface area contributed by atoms with Crippen LogP contribution < -0.4 is 14.4 Å². The molecule has 31 heavy (non-hydrogen) atoms. The van der Waals surface area contributed by atoms with Crippen LogP contribution in [-0.2, 0) is 6.54 Å². The third-order valence-electron chi connectivity index (χ3n) is 4.89. The van der Waals surface area contributed by atoms with Gasteiger partial charge in [-0.1, -0.05) is 29.0 Å². The number of thiazole rings is 1. The van der Waals surface area contributed by atoms with Gasteiger partial charge in [0.2, 0.25) is 0 Å². The fourth-order valence-electron chi connectivity index (χ4n) is 3.21. The Bertz CT molecular complexity index is 1240. The van der Waals surface area contributed by atoms with E-state index in [2.05, 4.69) is 4.98 Å². The third kappa shape index (κ3) is 4.19. The quantitative estimate of drug-likeness (QED) is 0.384. The molecule has 6 nitrogen and oxygen atoms in total. The summed E-state index contributed by atoms with van der Waals surface area (Å²) in [5, 5.41) is 1.22. The molecule has 4 rings (SSSR count). The zero-order valence-electron chi connectivity index (χ0n) is 17.3. The minimum absolute atomic E-state index is 0.214. The molecule has 4 aromatic rings. The number of methoxy groups -OCH3 is 2. The van der Waals surface area contributed by atoms with Crippen LogP contribution in [0.3, 0.4) is 0 Å². The molecule has 0 N–H and O–H groups in total. The van der Waals surface area contributed by atoms with Gasteiger partial charge in [-0.2, -0.15) is 0 Å². The molecular weight excluding hydrogens is 434 g/mol. The summed E-state index contributed by atoms with van der Waals surface area (Å²) in [6, 6.07) is 14.5. The van der Waals surface area contributed by atoms with Crippen LogP contribution in [0.4, 0.5) is 5.13 Å². The maximum absolute atomic E-state index is 13.6. The fourth-order valence-corrected chi connectivity index (χ4v) is 4.38. The van der Waals surface area contributed by atoms with Crippen molar-refractivity contribution in [3.05, 3.63) is 76.6 Å². The minimum atomic E-state index is -0.214. The van der Waals surface area contributed by atoms with Crippen LogP contribution in [0.2, 0.25) is 5.02 Å². The molecule has 0 spiro atoms. The van der Waals surface area contributed by atoms with E-state index in [4.69, 9.17) is 26.1 Å². The van der Waals surface area contributed by atoms with Crippen molar-refractivity contribution in [3.63, 3.8) is 0 Å². The first kappa shape index (κ1) is 21.1. The lowest BCUT2D eigenvalue weighted by atomic mass is 10.1. The second kappa shape index (κ2) is 8.91. The first-order chi connectivity index (χ1) is 15.0. The lowest BCUT2D eigenvalue weighted by Gasteiger charge is -2.20. The predicted octanol–water partition coefficient (Wildman–Crippen LogP) is 5.52. The second-order valence-electron chi connectivity index (χ2n) is 6.80. The van der Waals surface area contributed by atoms with Gasteiger partial charge in [0.1, 0.15) is 0 Å². The van der Waals surface area contributed by atoms with Gasteiger partial charge in [0.15, 0.2) is 16.6 Å². The Labute approximate surface area is 189 Å². The van der Waals surface area contributed by atoms with Crippen molar-refractivity contribution in [2.45, 2.75) is 13.5 Å². The number of nitrogens with zero attached hydrogens (tertiary/aromatic N) is 3. The van der Waals surface area contributed by atoms with E-state index in [1.165, 1.54) is 18.4 Å². The molecule has 2 aromatic heterocycles. The van der Waals surface area contributed by atoms with E-state index in [-0.39, 0.29) is 12.5 Å². The normalized spacial score (nSPS) is 10.8. The van der Waals surface area contributed by atoms with Crippen LogP contribution in [0.1, 0.15) is 21.6 Å². The maximum Gasteiger partial charge on any atom is 0.260 e. The van der Waals surface area contributed by atoms with Gasteiger partial charge in [-0.25, -0.2) is 4.98 Å². The topological polar surface area (TPSA) is 64.5 Å². The standard InChI is InChI=1S/C23H20ClN3O3S/c1-14-17(24)8-10-20-21(14)26-23(31-20)27(13-16-6-4-5-11-25-16)22(28)15-7-9-18(29-2)19(12-15)30-3/h4-12H,13H2,1-3H3. The number of carbonyl (C=O) groups is 1. The molecule has 2 aromatic carbocycles. The van der Waals surface area contributed by atoms with Gasteiger partial charge < -0.3 is 9.47 Å². The van der Waals surface area contributed by atoms with Crippen LogP contribution in [0.15, 0.2) is 54.7 Å². The number of pyridine rings is 1. The van der Waals surface area contributed by atoms with Gasteiger partial charge >= 0.3 is 0 Å². The van der Waals surface area contributed by atoms with E-state index in [1.54, 1.807) is 36.4 Å². The molecule has 0 atom stereocenters. The maximum atomic E-state index is 13.6. The number of aryl methyl sites for hydroxylation is 1. The Balaban J connectivity index is 1.80. The van der Waals surface area contributed by atoms with Crippen molar-refractivity contribution >= 4 is 44.2 Å². The lowest BCUT2D eigenvalue weighted by Crippen LogP contribution is -2.30. The number of aromatic nitrogens is 2. The van der Waals surface area contributed by atoms with E-state index < -0.39 is 0 Å². The smallest absolute Gasteiger partial charge is 0.260 e. The Kier molecular flexibility index (Phi) is 6.06. The van der Waals surface area contributed by atoms with Crippen LogP contribution in [-0.4, -0.2) is 30.1 Å². The molecule has 1 amide bonds. The summed E-state index contributed by atoms with van der Waals surface area (Å²) in [4.78, 5) is 24.3. The number of fused-ring (bicyclic) bond motifs is 1. The number of amides is 1. The summed E-state index contributed by atoms with van der Waals surface area (Å²) in [6.07, 6.45) is 1.71. The first-order valence-corrected chi connectivity index (χ1v) is 10.7. The Morgan fingerprint density at radius 1 is 1.10 bits per heavy atom. The van der Waals surface area contributed by atoms with Crippen molar-refractivity contribution in [2.24, 2.45) is 0 Å². The van der Waals surface area contributed by atoms with Gasteiger partial charge in [-0.05, 0) is 55.0 Å². The minimum Gasteiger partial charge on any atom is -0.493 e. The number of hydrogen-bond donors (Lipinski definition) is 0.